The van der Waals surface area contributed by atoms with E-state index in [-0.39, 0.29) is 0 Å². The lowest BCUT2D eigenvalue weighted by atomic mass is 10.1. The first-order valence-electron chi connectivity index (χ1n) is 3.86. The van der Waals surface area contributed by atoms with Crippen molar-refractivity contribution >= 4 is 11.6 Å². The van der Waals surface area contributed by atoms with Gasteiger partial charge in [0, 0.05) is 12.0 Å². The fourth-order valence-electron chi connectivity index (χ4n) is 1.27. The van der Waals surface area contributed by atoms with E-state index in [0.29, 0.717) is 0 Å². The Hall–Kier alpha value is -0.950. The summed E-state index contributed by atoms with van der Waals surface area (Å²) in [6.45, 7) is 2.05. The normalized spacial score (nSPS) is 14.7. The van der Waals surface area contributed by atoms with E-state index < -0.39 is 0 Å². The van der Waals surface area contributed by atoms with Gasteiger partial charge in [0.2, 0.25) is 0 Å². The van der Waals surface area contributed by atoms with Crippen LogP contribution in [0.2, 0.25) is 0 Å². The summed E-state index contributed by atoms with van der Waals surface area (Å²) >= 11 is 5.82. The minimum atomic E-state index is 0.756. The van der Waals surface area contributed by atoms with Gasteiger partial charge in [0.25, 0.3) is 0 Å². The Morgan fingerprint density at radius 2 is 2.25 bits per heavy atom. The van der Waals surface area contributed by atoms with Crippen molar-refractivity contribution in [2.24, 2.45) is 0 Å². The van der Waals surface area contributed by atoms with Crippen molar-refractivity contribution in [1.29, 1.82) is 0 Å². The Bertz CT molecular complexity index is 342. The van der Waals surface area contributed by atoms with E-state index in [9.17, 15) is 0 Å². The molecular weight excluding hydrogens is 172 g/mol. The average molecular weight is 181 g/mol. The molecule has 0 aliphatic carbocycles. The maximum atomic E-state index is 5.82. The molecule has 0 saturated heterocycles. The van der Waals surface area contributed by atoms with Gasteiger partial charge in [-0.15, -0.1) is 0 Å². The van der Waals surface area contributed by atoms with Crippen molar-refractivity contribution in [3.05, 3.63) is 40.6 Å². The molecule has 62 valence electrons. The second-order valence-electron chi connectivity index (χ2n) is 2.97. The van der Waals surface area contributed by atoms with Gasteiger partial charge in [-0.25, -0.2) is 0 Å². The highest BCUT2D eigenvalue weighted by Gasteiger charge is 2.10. The summed E-state index contributed by atoms with van der Waals surface area (Å²) in [5, 5.41) is 0.756. The molecule has 2 rings (SSSR count). The molecule has 0 N–H and O–H groups in total. The molecule has 1 aromatic carbocycles. The molecule has 0 spiro atoms. The third kappa shape index (κ3) is 1.32. The SMILES string of the molecule is Cc1ccc2c(c1)OC=C(Cl)C2. The van der Waals surface area contributed by atoms with Crippen LogP contribution in [0.5, 0.6) is 5.75 Å². The first-order valence-corrected chi connectivity index (χ1v) is 4.24. The number of rotatable bonds is 0. The van der Waals surface area contributed by atoms with E-state index in [1.54, 1.807) is 6.26 Å². The molecule has 0 unspecified atom stereocenters. The predicted octanol–water partition coefficient (Wildman–Crippen LogP) is 3.01. The number of hydrogen-bond donors (Lipinski definition) is 0. The number of hydrogen-bond acceptors (Lipinski definition) is 1. The summed E-state index contributed by atoms with van der Waals surface area (Å²) in [5.41, 5.74) is 2.37. The van der Waals surface area contributed by atoms with Crippen LogP contribution in [-0.4, -0.2) is 0 Å². The maximum Gasteiger partial charge on any atom is 0.130 e. The van der Waals surface area contributed by atoms with Crippen LogP contribution in [-0.2, 0) is 6.42 Å². The van der Waals surface area contributed by atoms with E-state index in [1.165, 1.54) is 5.56 Å². The van der Waals surface area contributed by atoms with E-state index in [1.807, 2.05) is 13.0 Å². The van der Waals surface area contributed by atoms with Crippen molar-refractivity contribution in [2.75, 3.05) is 0 Å². The summed E-state index contributed by atoms with van der Waals surface area (Å²) in [5.74, 6) is 0.930. The smallest absolute Gasteiger partial charge is 0.130 e. The van der Waals surface area contributed by atoms with Crippen LogP contribution in [0.4, 0.5) is 0 Å². The van der Waals surface area contributed by atoms with Gasteiger partial charge in [0.15, 0.2) is 0 Å². The standard InChI is InChI=1S/C10H9ClO/c1-7-2-3-8-5-9(11)6-12-10(8)4-7/h2-4,6H,5H2,1H3. The predicted molar refractivity (Wildman–Crippen MR) is 49.4 cm³/mol. The van der Waals surface area contributed by atoms with Crippen molar-refractivity contribution in [3.8, 4) is 5.75 Å². The van der Waals surface area contributed by atoms with Gasteiger partial charge in [-0.1, -0.05) is 23.7 Å². The summed E-state index contributed by atoms with van der Waals surface area (Å²) in [4.78, 5) is 0. The van der Waals surface area contributed by atoms with E-state index in [0.717, 1.165) is 22.8 Å². The Morgan fingerprint density at radius 3 is 3.08 bits per heavy atom. The fraction of sp³-hybridized carbons (Fsp3) is 0.200. The highest BCUT2D eigenvalue weighted by atomic mass is 35.5. The minimum Gasteiger partial charge on any atom is -0.463 e. The van der Waals surface area contributed by atoms with Gasteiger partial charge in [-0.3, -0.25) is 0 Å². The second-order valence-corrected chi connectivity index (χ2v) is 3.46. The molecule has 1 heterocycles. The molecule has 1 aliphatic rings. The van der Waals surface area contributed by atoms with Crippen LogP contribution in [0.25, 0.3) is 0 Å². The van der Waals surface area contributed by atoms with Crippen molar-refractivity contribution in [2.45, 2.75) is 13.3 Å². The first-order chi connectivity index (χ1) is 5.75. The zero-order valence-electron chi connectivity index (χ0n) is 6.80. The first kappa shape index (κ1) is 7.69. The topological polar surface area (TPSA) is 9.23 Å². The van der Waals surface area contributed by atoms with Crippen LogP contribution in [0.15, 0.2) is 29.5 Å². The maximum absolute atomic E-state index is 5.82. The van der Waals surface area contributed by atoms with Gasteiger partial charge < -0.3 is 4.74 Å². The highest BCUT2D eigenvalue weighted by Crippen LogP contribution is 2.28. The molecule has 1 aromatic rings. The summed E-state index contributed by atoms with van der Waals surface area (Å²) in [7, 11) is 0. The third-order valence-corrected chi connectivity index (χ3v) is 2.12. The quantitative estimate of drug-likeness (QED) is 0.597. The zero-order chi connectivity index (χ0) is 8.55. The van der Waals surface area contributed by atoms with E-state index in [2.05, 4.69) is 12.1 Å². The highest BCUT2D eigenvalue weighted by molar-refractivity contribution is 6.29. The van der Waals surface area contributed by atoms with Crippen LogP contribution in [0.3, 0.4) is 0 Å². The molecule has 0 saturated carbocycles. The van der Waals surface area contributed by atoms with Crippen LogP contribution in [0.1, 0.15) is 11.1 Å². The molecule has 12 heavy (non-hydrogen) atoms. The number of benzene rings is 1. The molecule has 1 aliphatic heterocycles. The molecular formula is C10H9ClO. The molecule has 0 amide bonds. The number of allylic oxidation sites excluding steroid dienone is 1. The lowest BCUT2D eigenvalue weighted by molar-refractivity contribution is 0.462. The molecule has 2 heteroatoms. The third-order valence-electron chi connectivity index (χ3n) is 1.90. The second kappa shape index (κ2) is 2.83. The molecule has 1 nitrogen and oxygen atoms in total. The molecule has 0 bridgehead atoms. The summed E-state index contributed by atoms with van der Waals surface area (Å²) in [6, 6.07) is 6.15. The van der Waals surface area contributed by atoms with Crippen molar-refractivity contribution < 1.29 is 4.74 Å². The number of halogens is 1. The zero-order valence-corrected chi connectivity index (χ0v) is 7.56. The Morgan fingerprint density at radius 1 is 1.42 bits per heavy atom. The van der Waals surface area contributed by atoms with Crippen LogP contribution < -0.4 is 4.74 Å². The lowest BCUT2D eigenvalue weighted by Gasteiger charge is -2.13. The van der Waals surface area contributed by atoms with Crippen LogP contribution >= 0.6 is 11.6 Å². The molecule has 0 atom stereocenters. The molecule has 0 aromatic heterocycles. The van der Waals surface area contributed by atoms with Gasteiger partial charge in [-0.05, 0) is 18.6 Å². The van der Waals surface area contributed by atoms with Gasteiger partial charge >= 0.3 is 0 Å². The van der Waals surface area contributed by atoms with E-state index in [4.69, 9.17) is 16.3 Å². The summed E-state index contributed by atoms with van der Waals surface area (Å²) < 4.78 is 5.32. The number of aryl methyl sites for hydroxylation is 1. The number of ether oxygens (including phenoxy) is 1. The fourth-order valence-corrected chi connectivity index (χ4v) is 1.46. The van der Waals surface area contributed by atoms with Crippen LogP contribution in [0, 0.1) is 6.92 Å². The Kier molecular flexibility index (Phi) is 1.81. The van der Waals surface area contributed by atoms with Gasteiger partial charge in [-0.2, -0.15) is 0 Å². The largest absolute Gasteiger partial charge is 0.463 e. The Balaban J connectivity index is 2.43. The van der Waals surface area contributed by atoms with Crippen molar-refractivity contribution in [3.63, 3.8) is 0 Å². The molecule has 0 radical (unpaired) electrons. The number of fused-ring (bicyclic) bond motifs is 1. The van der Waals surface area contributed by atoms with Crippen molar-refractivity contribution in [1.82, 2.24) is 0 Å². The monoisotopic (exact) mass is 180 g/mol. The van der Waals surface area contributed by atoms with Gasteiger partial charge in [0.05, 0.1) is 5.03 Å². The Labute approximate surface area is 76.6 Å². The van der Waals surface area contributed by atoms with E-state index >= 15 is 0 Å². The molecule has 0 fully saturated rings. The lowest BCUT2D eigenvalue weighted by Crippen LogP contribution is -1.99. The minimum absolute atomic E-state index is 0.756. The van der Waals surface area contributed by atoms with Gasteiger partial charge in [0.1, 0.15) is 12.0 Å². The average Bonchev–Trinajstić information content (AvgIpc) is 2.05. The summed E-state index contributed by atoms with van der Waals surface area (Å²) in [6.07, 6.45) is 2.39.